The summed E-state index contributed by atoms with van der Waals surface area (Å²) in [6.45, 7) is 3.74. The topological polar surface area (TPSA) is 0 Å². The highest BCUT2D eigenvalue weighted by Gasteiger charge is 2.24. The van der Waals surface area contributed by atoms with Gasteiger partial charge in [0.05, 0.1) is 0 Å². The van der Waals surface area contributed by atoms with E-state index < -0.39 is 6.17 Å². The molecule has 0 nitrogen and oxygen atoms in total. The lowest BCUT2D eigenvalue weighted by atomic mass is 9.93. The average Bonchev–Trinajstić information content (AvgIpc) is 2.03. The molecule has 0 bridgehead atoms. The van der Waals surface area contributed by atoms with Crippen LogP contribution in [0.4, 0.5) is 4.39 Å². The van der Waals surface area contributed by atoms with Gasteiger partial charge >= 0.3 is 0 Å². The van der Waals surface area contributed by atoms with Crippen LogP contribution in [0.5, 0.6) is 0 Å². The first kappa shape index (κ1) is 9.85. The Kier molecular flexibility index (Phi) is 3.39. The van der Waals surface area contributed by atoms with Crippen molar-refractivity contribution in [2.45, 2.75) is 25.3 Å². The molecule has 2 heteroatoms. The molecule has 0 aromatic rings. The highest BCUT2D eigenvalue weighted by Crippen LogP contribution is 2.31. The minimum absolute atomic E-state index is 0.329. The minimum Gasteiger partial charge on any atom is -0.243 e. The van der Waals surface area contributed by atoms with Crippen LogP contribution in [0.25, 0.3) is 0 Å². The standard InChI is InChI=1S/C10H15FS/c1-7-5-4-6-9(8(2)11)10(7)12-3/h4-8,10H,1-3H3. The maximum Gasteiger partial charge on any atom is 0.120 e. The molecule has 1 aliphatic rings. The summed E-state index contributed by atoms with van der Waals surface area (Å²) in [5, 5.41) is 0.329. The lowest BCUT2D eigenvalue weighted by Gasteiger charge is -2.26. The van der Waals surface area contributed by atoms with Crippen molar-refractivity contribution in [3.8, 4) is 0 Å². The number of halogens is 1. The van der Waals surface area contributed by atoms with E-state index in [1.165, 1.54) is 0 Å². The summed E-state index contributed by atoms with van der Waals surface area (Å²) in [5.74, 6) is 0.457. The Hall–Kier alpha value is -0.240. The molecule has 0 N–H and O–H groups in total. The van der Waals surface area contributed by atoms with Crippen molar-refractivity contribution < 1.29 is 4.39 Å². The number of alkyl halides is 1. The summed E-state index contributed by atoms with van der Waals surface area (Å²) in [6, 6.07) is 0. The van der Waals surface area contributed by atoms with Gasteiger partial charge in [-0.3, -0.25) is 0 Å². The predicted molar refractivity (Wildman–Crippen MR) is 54.3 cm³/mol. The van der Waals surface area contributed by atoms with Crippen molar-refractivity contribution in [3.63, 3.8) is 0 Å². The Bertz CT molecular complexity index is 206. The first-order valence-electron chi connectivity index (χ1n) is 4.22. The molecule has 0 spiro atoms. The van der Waals surface area contributed by atoms with Crippen LogP contribution in [0, 0.1) is 5.92 Å². The van der Waals surface area contributed by atoms with Gasteiger partial charge in [-0.25, -0.2) is 4.39 Å². The molecule has 0 fully saturated rings. The lowest BCUT2D eigenvalue weighted by molar-refractivity contribution is 0.396. The number of hydrogen-bond donors (Lipinski definition) is 0. The van der Waals surface area contributed by atoms with Crippen LogP contribution >= 0.6 is 11.8 Å². The van der Waals surface area contributed by atoms with E-state index in [1.807, 2.05) is 18.4 Å². The number of rotatable bonds is 2. The fourth-order valence-corrected chi connectivity index (χ4v) is 2.61. The van der Waals surface area contributed by atoms with E-state index >= 15 is 0 Å². The first-order chi connectivity index (χ1) is 5.66. The molecule has 0 aliphatic heterocycles. The van der Waals surface area contributed by atoms with Crippen LogP contribution in [0.3, 0.4) is 0 Å². The Morgan fingerprint density at radius 3 is 2.67 bits per heavy atom. The molecular formula is C10H15FS. The summed E-state index contributed by atoms with van der Waals surface area (Å²) >= 11 is 1.73. The van der Waals surface area contributed by atoms with Crippen LogP contribution in [-0.2, 0) is 0 Å². The summed E-state index contributed by atoms with van der Waals surface area (Å²) < 4.78 is 13.1. The number of thioether (sulfide) groups is 1. The third-order valence-electron chi connectivity index (χ3n) is 2.22. The normalized spacial score (nSPS) is 31.5. The van der Waals surface area contributed by atoms with Crippen LogP contribution in [-0.4, -0.2) is 17.7 Å². The molecule has 3 atom stereocenters. The Balaban J connectivity index is 2.81. The van der Waals surface area contributed by atoms with Crippen LogP contribution in [0.2, 0.25) is 0 Å². The van der Waals surface area contributed by atoms with E-state index in [9.17, 15) is 4.39 Å². The van der Waals surface area contributed by atoms with E-state index in [-0.39, 0.29) is 0 Å². The smallest absolute Gasteiger partial charge is 0.120 e. The Morgan fingerprint density at radius 1 is 1.58 bits per heavy atom. The first-order valence-corrected chi connectivity index (χ1v) is 5.50. The lowest BCUT2D eigenvalue weighted by Crippen LogP contribution is -2.22. The average molecular weight is 186 g/mol. The second-order valence-electron chi connectivity index (χ2n) is 3.18. The fraction of sp³-hybridized carbons (Fsp3) is 0.600. The molecular weight excluding hydrogens is 171 g/mol. The van der Waals surface area contributed by atoms with Gasteiger partial charge in [0, 0.05) is 5.25 Å². The van der Waals surface area contributed by atoms with Gasteiger partial charge in [0.2, 0.25) is 0 Å². The van der Waals surface area contributed by atoms with Crippen LogP contribution in [0.1, 0.15) is 13.8 Å². The molecule has 68 valence electrons. The second kappa shape index (κ2) is 4.13. The fourth-order valence-electron chi connectivity index (χ4n) is 1.55. The summed E-state index contributed by atoms with van der Waals surface area (Å²) in [6.07, 6.45) is 7.23. The third kappa shape index (κ3) is 1.92. The zero-order valence-electron chi connectivity index (χ0n) is 7.75. The van der Waals surface area contributed by atoms with Crippen molar-refractivity contribution in [1.82, 2.24) is 0 Å². The van der Waals surface area contributed by atoms with Gasteiger partial charge < -0.3 is 0 Å². The predicted octanol–water partition coefficient (Wildman–Crippen LogP) is 3.21. The van der Waals surface area contributed by atoms with E-state index in [0.717, 1.165) is 5.57 Å². The van der Waals surface area contributed by atoms with Crippen molar-refractivity contribution in [3.05, 3.63) is 23.8 Å². The number of hydrogen-bond acceptors (Lipinski definition) is 1. The maximum absolute atomic E-state index is 13.1. The molecule has 12 heavy (non-hydrogen) atoms. The summed E-state index contributed by atoms with van der Waals surface area (Å²) in [5.41, 5.74) is 0.928. The van der Waals surface area contributed by atoms with Gasteiger partial charge in [-0.1, -0.05) is 25.2 Å². The van der Waals surface area contributed by atoms with Crippen molar-refractivity contribution >= 4 is 11.8 Å². The molecule has 0 heterocycles. The van der Waals surface area contributed by atoms with Crippen LogP contribution in [0.15, 0.2) is 23.8 Å². The molecule has 0 aromatic carbocycles. The van der Waals surface area contributed by atoms with Crippen molar-refractivity contribution in [2.24, 2.45) is 5.92 Å². The summed E-state index contributed by atoms with van der Waals surface area (Å²) in [4.78, 5) is 0. The third-order valence-corrected chi connectivity index (χ3v) is 3.43. The molecule has 0 saturated heterocycles. The van der Waals surface area contributed by atoms with Gasteiger partial charge in [0.15, 0.2) is 0 Å². The van der Waals surface area contributed by atoms with Gasteiger partial charge in [-0.15, -0.1) is 0 Å². The Labute approximate surface area is 77.9 Å². The van der Waals surface area contributed by atoms with Gasteiger partial charge in [0.25, 0.3) is 0 Å². The maximum atomic E-state index is 13.1. The molecule has 0 saturated carbocycles. The molecule has 0 radical (unpaired) electrons. The molecule has 3 unspecified atom stereocenters. The zero-order valence-corrected chi connectivity index (χ0v) is 8.57. The molecule has 0 aromatic heterocycles. The van der Waals surface area contributed by atoms with Crippen molar-refractivity contribution in [2.75, 3.05) is 6.26 Å². The van der Waals surface area contributed by atoms with Gasteiger partial charge in [-0.2, -0.15) is 11.8 Å². The molecule has 1 aliphatic carbocycles. The number of allylic oxidation sites excluding steroid dienone is 3. The van der Waals surface area contributed by atoms with E-state index in [4.69, 9.17) is 0 Å². The van der Waals surface area contributed by atoms with Gasteiger partial charge in [-0.05, 0) is 24.7 Å². The zero-order chi connectivity index (χ0) is 9.14. The molecule has 0 amide bonds. The molecule has 1 rings (SSSR count). The van der Waals surface area contributed by atoms with Gasteiger partial charge in [0.1, 0.15) is 6.17 Å². The van der Waals surface area contributed by atoms with Crippen LogP contribution < -0.4 is 0 Å². The monoisotopic (exact) mass is 186 g/mol. The van der Waals surface area contributed by atoms with E-state index in [1.54, 1.807) is 18.7 Å². The second-order valence-corrected chi connectivity index (χ2v) is 4.16. The summed E-state index contributed by atoms with van der Waals surface area (Å²) in [7, 11) is 0. The largest absolute Gasteiger partial charge is 0.243 e. The highest BCUT2D eigenvalue weighted by atomic mass is 32.2. The minimum atomic E-state index is -0.810. The Morgan fingerprint density at radius 2 is 2.25 bits per heavy atom. The van der Waals surface area contributed by atoms with E-state index in [2.05, 4.69) is 13.0 Å². The SMILES string of the molecule is CSC1C(C(C)F)=CC=CC1C. The highest BCUT2D eigenvalue weighted by molar-refractivity contribution is 7.99. The quantitative estimate of drug-likeness (QED) is 0.638. The van der Waals surface area contributed by atoms with Crippen molar-refractivity contribution in [1.29, 1.82) is 0 Å². The van der Waals surface area contributed by atoms with E-state index in [0.29, 0.717) is 11.2 Å².